The highest BCUT2D eigenvalue weighted by Gasteiger charge is 2.13. The molecule has 4 nitrogen and oxygen atoms in total. The van der Waals surface area contributed by atoms with Crippen molar-refractivity contribution in [1.29, 1.82) is 0 Å². The Hall–Kier alpha value is -2.37. The van der Waals surface area contributed by atoms with Crippen molar-refractivity contribution >= 4 is 39.0 Å². The van der Waals surface area contributed by atoms with Gasteiger partial charge in [-0.05, 0) is 35.4 Å². The zero-order valence-corrected chi connectivity index (χ0v) is 14.8. The normalized spacial score (nSPS) is 11.1. The lowest BCUT2D eigenvalue weighted by atomic mass is 10.1. The van der Waals surface area contributed by atoms with E-state index in [1.807, 2.05) is 48.5 Å². The SMILES string of the molecule is Nc1c(-c2ccc(Cl)cc2)cnc2c(-c3cccc(Br)c3)cnn12. The highest BCUT2D eigenvalue weighted by Crippen LogP contribution is 2.31. The number of fused-ring (bicyclic) bond motifs is 1. The van der Waals surface area contributed by atoms with Crippen LogP contribution >= 0.6 is 27.5 Å². The lowest BCUT2D eigenvalue weighted by Crippen LogP contribution is -2.02. The van der Waals surface area contributed by atoms with E-state index in [0.717, 1.165) is 32.4 Å². The van der Waals surface area contributed by atoms with Gasteiger partial charge in [-0.25, -0.2) is 4.98 Å². The van der Waals surface area contributed by atoms with Crippen molar-refractivity contribution in [3.8, 4) is 22.3 Å². The molecule has 0 spiro atoms. The fraction of sp³-hybridized carbons (Fsp3) is 0. The molecule has 0 atom stereocenters. The lowest BCUT2D eigenvalue weighted by molar-refractivity contribution is 0.954. The number of nitrogens with two attached hydrogens (primary N) is 1. The van der Waals surface area contributed by atoms with Gasteiger partial charge in [0, 0.05) is 26.8 Å². The van der Waals surface area contributed by atoms with Gasteiger partial charge in [0.15, 0.2) is 5.65 Å². The quantitative estimate of drug-likeness (QED) is 0.512. The molecule has 0 radical (unpaired) electrons. The van der Waals surface area contributed by atoms with Crippen LogP contribution in [-0.2, 0) is 0 Å². The molecule has 0 saturated heterocycles. The van der Waals surface area contributed by atoms with Gasteiger partial charge in [0.1, 0.15) is 5.82 Å². The number of nitrogens with zero attached hydrogens (tertiary/aromatic N) is 3. The van der Waals surface area contributed by atoms with Gasteiger partial charge in [0.2, 0.25) is 0 Å². The minimum Gasteiger partial charge on any atom is -0.383 e. The van der Waals surface area contributed by atoms with E-state index in [9.17, 15) is 0 Å². The van der Waals surface area contributed by atoms with Crippen molar-refractivity contribution in [2.45, 2.75) is 0 Å². The van der Waals surface area contributed by atoms with Gasteiger partial charge in [-0.1, -0.05) is 51.8 Å². The summed E-state index contributed by atoms with van der Waals surface area (Å²) in [6.07, 6.45) is 3.56. The average molecular weight is 400 g/mol. The van der Waals surface area contributed by atoms with E-state index in [4.69, 9.17) is 17.3 Å². The lowest BCUT2D eigenvalue weighted by Gasteiger charge is -2.08. The summed E-state index contributed by atoms with van der Waals surface area (Å²) in [6, 6.07) is 15.5. The van der Waals surface area contributed by atoms with Crippen LogP contribution in [0.1, 0.15) is 0 Å². The molecule has 6 heteroatoms. The molecular formula is C18H12BrClN4. The Bertz CT molecular complexity index is 1040. The van der Waals surface area contributed by atoms with Gasteiger partial charge in [-0.15, -0.1) is 0 Å². The standard InChI is InChI=1S/C18H12BrClN4/c19-13-3-1-2-12(8-13)16-10-23-24-17(21)15(9-22-18(16)24)11-4-6-14(20)7-5-11/h1-10H,21H2. The van der Waals surface area contributed by atoms with Crippen LogP contribution in [-0.4, -0.2) is 14.6 Å². The average Bonchev–Trinajstić information content (AvgIpc) is 3.01. The Morgan fingerprint density at radius 1 is 0.958 bits per heavy atom. The van der Waals surface area contributed by atoms with Gasteiger partial charge in [0.25, 0.3) is 0 Å². The minimum atomic E-state index is 0.545. The predicted molar refractivity (Wildman–Crippen MR) is 101 cm³/mol. The predicted octanol–water partition coefficient (Wildman–Crippen LogP) is 5.06. The summed E-state index contributed by atoms with van der Waals surface area (Å²) in [4.78, 5) is 4.58. The number of hydrogen-bond acceptors (Lipinski definition) is 3. The van der Waals surface area contributed by atoms with Gasteiger partial charge >= 0.3 is 0 Å². The first-order chi connectivity index (χ1) is 11.6. The molecule has 0 saturated carbocycles. The fourth-order valence-electron chi connectivity index (χ4n) is 2.66. The summed E-state index contributed by atoms with van der Waals surface area (Å²) in [5, 5.41) is 5.10. The van der Waals surface area contributed by atoms with E-state index >= 15 is 0 Å². The molecule has 0 unspecified atom stereocenters. The monoisotopic (exact) mass is 398 g/mol. The highest BCUT2D eigenvalue weighted by atomic mass is 79.9. The zero-order chi connectivity index (χ0) is 16.7. The summed E-state index contributed by atoms with van der Waals surface area (Å²) in [5.41, 5.74) is 10.8. The van der Waals surface area contributed by atoms with E-state index < -0.39 is 0 Å². The van der Waals surface area contributed by atoms with Crippen molar-refractivity contribution in [3.63, 3.8) is 0 Å². The van der Waals surface area contributed by atoms with Crippen molar-refractivity contribution in [3.05, 3.63) is 70.4 Å². The maximum absolute atomic E-state index is 6.33. The first-order valence-electron chi connectivity index (χ1n) is 7.27. The summed E-state index contributed by atoms with van der Waals surface area (Å²) in [5.74, 6) is 0.545. The molecule has 0 aliphatic carbocycles. The summed E-state index contributed by atoms with van der Waals surface area (Å²) >= 11 is 9.44. The molecule has 0 aliphatic rings. The summed E-state index contributed by atoms with van der Waals surface area (Å²) in [6.45, 7) is 0. The third-order valence-electron chi connectivity index (χ3n) is 3.85. The van der Waals surface area contributed by atoms with E-state index in [1.54, 1.807) is 16.9 Å². The maximum atomic E-state index is 6.33. The zero-order valence-electron chi connectivity index (χ0n) is 12.4. The molecule has 4 aromatic rings. The molecule has 4 rings (SSSR count). The number of hydrogen-bond donors (Lipinski definition) is 1. The van der Waals surface area contributed by atoms with E-state index in [-0.39, 0.29) is 0 Å². The molecule has 2 heterocycles. The molecule has 0 bridgehead atoms. The Morgan fingerprint density at radius 2 is 1.75 bits per heavy atom. The molecule has 2 aromatic heterocycles. The molecule has 24 heavy (non-hydrogen) atoms. The Morgan fingerprint density at radius 3 is 2.50 bits per heavy atom. The van der Waals surface area contributed by atoms with Gasteiger partial charge in [0.05, 0.1) is 6.20 Å². The molecule has 2 aromatic carbocycles. The Labute approximate surface area is 152 Å². The second-order valence-corrected chi connectivity index (χ2v) is 6.72. The molecule has 0 aliphatic heterocycles. The van der Waals surface area contributed by atoms with Crippen LogP contribution in [0, 0.1) is 0 Å². The number of rotatable bonds is 2. The second kappa shape index (κ2) is 5.92. The van der Waals surface area contributed by atoms with Gasteiger partial charge in [-0.2, -0.15) is 9.61 Å². The van der Waals surface area contributed by atoms with E-state index in [1.165, 1.54) is 0 Å². The van der Waals surface area contributed by atoms with Crippen LogP contribution in [0.15, 0.2) is 65.4 Å². The van der Waals surface area contributed by atoms with Crippen LogP contribution in [0.25, 0.3) is 27.9 Å². The molecule has 0 fully saturated rings. The summed E-state index contributed by atoms with van der Waals surface area (Å²) in [7, 11) is 0. The first kappa shape index (κ1) is 15.2. The fourth-order valence-corrected chi connectivity index (χ4v) is 3.19. The number of nitrogen functional groups attached to an aromatic ring is 1. The second-order valence-electron chi connectivity index (χ2n) is 5.37. The van der Waals surface area contributed by atoms with Crippen molar-refractivity contribution in [2.75, 3.05) is 5.73 Å². The highest BCUT2D eigenvalue weighted by molar-refractivity contribution is 9.10. The number of aromatic nitrogens is 3. The largest absolute Gasteiger partial charge is 0.383 e. The number of anilines is 1. The number of benzene rings is 2. The Kier molecular flexibility index (Phi) is 3.75. The molecule has 0 amide bonds. The topological polar surface area (TPSA) is 56.2 Å². The minimum absolute atomic E-state index is 0.545. The maximum Gasteiger partial charge on any atom is 0.165 e. The van der Waals surface area contributed by atoms with Gasteiger partial charge in [-0.3, -0.25) is 0 Å². The third kappa shape index (κ3) is 2.56. The van der Waals surface area contributed by atoms with E-state index in [0.29, 0.717) is 10.8 Å². The van der Waals surface area contributed by atoms with Crippen LogP contribution in [0.3, 0.4) is 0 Å². The summed E-state index contributed by atoms with van der Waals surface area (Å²) < 4.78 is 2.67. The van der Waals surface area contributed by atoms with Crippen LogP contribution < -0.4 is 5.73 Å². The smallest absolute Gasteiger partial charge is 0.165 e. The van der Waals surface area contributed by atoms with E-state index in [2.05, 4.69) is 26.0 Å². The van der Waals surface area contributed by atoms with Crippen molar-refractivity contribution < 1.29 is 0 Å². The van der Waals surface area contributed by atoms with Crippen molar-refractivity contribution in [1.82, 2.24) is 14.6 Å². The van der Waals surface area contributed by atoms with Crippen LogP contribution in [0.2, 0.25) is 5.02 Å². The number of halogens is 2. The molecule has 118 valence electrons. The van der Waals surface area contributed by atoms with Crippen LogP contribution in [0.5, 0.6) is 0 Å². The van der Waals surface area contributed by atoms with Crippen LogP contribution in [0.4, 0.5) is 5.82 Å². The first-order valence-corrected chi connectivity index (χ1v) is 8.44. The third-order valence-corrected chi connectivity index (χ3v) is 4.60. The Balaban J connectivity index is 1.88. The van der Waals surface area contributed by atoms with Crippen molar-refractivity contribution in [2.24, 2.45) is 0 Å². The molecular weight excluding hydrogens is 388 g/mol. The van der Waals surface area contributed by atoms with Gasteiger partial charge < -0.3 is 5.73 Å². The molecule has 2 N–H and O–H groups in total.